The molecule has 3 aromatic carbocycles. The maximum atomic E-state index is 12.7. The van der Waals surface area contributed by atoms with Gasteiger partial charge in [-0.05, 0) is 63.4 Å². The minimum Gasteiger partial charge on any atom is -0.396 e. The summed E-state index contributed by atoms with van der Waals surface area (Å²) < 4.78 is 5.44. The average molecular weight is 429 g/mol. The zero-order valence-corrected chi connectivity index (χ0v) is 18.1. The number of aromatic amines is 1. The number of rotatable bonds is 6. The van der Waals surface area contributed by atoms with Crippen molar-refractivity contribution in [3.8, 4) is 11.1 Å². The van der Waals surface area contributed by atoms with E-state index in [0.29, 0.717) is 6.42 Å². The van der Waals surface area contributed by atoms with Crippen LogP contribution in [0.1, 0.15) is 17.5 Å². The third-order valence-corrected chi connectivity index (χ3v) is 6.36. The highest BCUT2D eigenvalue weighted by atomic mass is 16.5. The third kappa shape index (κ3) is 4.19. The number of pyridine rings is 1. The molecule has 5 heteroatoms. The lowest BCUT2D eigenvalue weighted by molar-refractivity contribution is 0.0342. The third-order valence-electron chi connectivity index (χ3n) is 6.36. The van der Waals surface area contributed by atoms with Crippen LogP contribution in [-0.4, -0.2) is 47.9 Å². The molecule has 0 unspecified atom stereocenters. The molecule has 1 aliphatic rings. The molecule has 1 fully saturated rings. The van der Waals surface area contributed by atoms with E-state index in [9.17, 15) is 9.90 Å². The highest BCUT2D eigenvalue weighted by Gasteiger charge is 2.13. The molecule has 1 aromatic heterocycles. The van der Waals surface area contributed by atoms with Gasteiger partial charge in [0.1, 0.15) is 0 Å². The van der Waals surface area contributed by atoms with Crippen LogP contribution in [0.2, 0.25) is 0 Å². The number of fused-ring (bicyclic) bond motifs is 3. The molecule has 4 aromatic rings. The molecule has 2 N–H and O–H groups in total. The van der Waals surface area contributed by atoms with Gasteiger partial charge in [0.15, 0.2) is 0 Å². The van der Waals surface area contributed by atoms with Crippen LogP contribution in [0.15, 0.2) is 65.6 Å². The van der Waals surface area contributed by atoms with E-state index in [2.05, 4.69) is 58.4 Å². The summed E-state index contributed by atoms with van der Waals surface area (Å²) in [5.74, 6) is 0. The molecule has 164 valence electrons. The van der Waals surface area contributed by atoms with Gasteiger partial charge >= 0.3 is 0 Å². The number of nitrogens with one attached hydrogen (secondary N) is 1. The first-order chi connectivity index (χ1) is 15.7. The number of benzene rings is 3. The smallest absolute Gasteiger partial charge is 0.256 e. The molecule has 1 saturated heterocycles. The number of hydrogen-bond acceptors (Lipinski definition) is 4. The van der Waals surface area contributed by atoms with Gasteiger partial charge in [-0.1, -0.05) is 42.5 Å². The van der Waals surface area contributed by atoms with E-state index in [-0.39, 0.29) is 12.2 Å². The van der Waals surface area contributed by atoms with Crippen LogP contribution >= 0.6 is 0 Å². The van der Waals surface area contributed by atoms with Gasteiger partial charge in [0.05, 0.1) is 18.6 Å². The Morgan fingerprint density at radius 3 is 2.50 bits per heavy atom. The molecule has 5 nitrogen and oxygen atoms in total. The van der Waals surface area contributed by atoms with Crippen molar-refractivity contribution in [3.63, 3.8) is 0 Å². The Balaban J connectivity index is 1.53. The van der Waals surface area contributed by atoms with Crippen LogP contribution < -0.4 is 5.56 Å². The second kappa shape index (κ2) is 9.25. The number of aryl methyl sites for hydroxylation is 1. The number of ether oxygens (including phenoxy) is 1. The van der Waals surface area contributed by atoms with Gasteiger partial charge in [-0.3, -0.25) is 9.69 Å². The predicted octanol–water partition coefficient (Wildman–Crippen LogP) is 4.11. The van der Waals surface area contributed by atoms with E-state index in [1.807, 2.05) is 6.07 Å². The largest absolute Gasteiger partial charge is 0.396 e. The fourth-order valence-electron chi connectivity index (χ4n) is 4.66. The summed E-state index contributed by atoms with van der Waals surface area (Å²) in [4.78, 5) is 17.9. The number of H-pyrrole nitrogens is 1. The molecule has 32 heavy (non-hydrogen) atoms. The number of hydrogen-bond donors (Lipinski definition) is 2. The van der Waals surface area contributed by atoms with Crippen molar-refractivity contribution in [2.45, 2.75) is 19.4 Å². The molecule has 0 atom stereocenters. The lowest BCUT2D eigenvalue weighted by atomic mass is 9.93. The van der Waals surface area contributed by atoms with Gasteiger partial charge in [-0.2, -0.15) is 0 Å². The SMILES string of the molecule is O=c1[nH]ccc2cc(CCCO)c3ccc(-c4ccc(CN5CCOCC5)cc4)cc3c12. The summed E-state index contributed by atoms with van der Waals surface area (Å²) >= 11 is 0. The van der Waals surface area contributed by atoms with Crippen molar-refractivity contribution in [1.29, 1.82) is 0 Å². The molecule has 0 bridgehead atoms. The Morgan fingerprint density at radius 2 is 1.72 bits per heavy atom. The quantitative estimate of drug-likeness (QED) is 0.454. The van der Waals surface area contributed by atoms with Crippen molar-refractivity contribution in [1.82, 2.24) is 9.88 Å². The normalized spacial score (nSPS) is 14.9. The van der Waals surface area contributed by atoms with Crippen molar-refractivity contribution >= 4 is 21.5 Å². The monoisotopic (exact) mass is 428 g/mol. The number of nitrogens with zero attached hydrogens (tertiary/aromatic N) is 1. The zero-order valence-electron chi connectivity index (χ0n) is 18.1. The summed E-state index contributed by atoms with van der Waals surface area (Å²) in [5, 5.41) is 13.0. The lowest BCUT2D eigenvalue weighted by Crippen LogP contribution is -2.35. The van der Waals surface area contributed by atoms with Crippen molar-refractivity contribution in [2.24, 2.45) is 0 Å². The van der Waals surface area contributed by atoms with E-state index in [0.717, 1.165) is 71.9 Å². The molecule has 2 heterocycles. The zero-order chi connectivity index (χ0) is 21.9. The first-order valence-electron chi connectivity index (χ1n) is 11.3. The molecule has 1 aliphatic heterocycles. The second-order valence-electron chi connectivity index (χ2n) is 8.48. The van der Waals surface area contributed by atoms with Crippen LogP contribution in [0.4, 0.5) is 0 Å². The molecule has 0 spiro atoms. The number of aromatic nitrogens is 1. The first kappa shape index (κ1) is 20.9. The molecule has 0 aliphatic carbocycles. The molecular formula is C27H28N2O3. The van der Waals surface area contributed by atoms with Gasteiger partial charge in [-0.15, -0.1) is 0 Å². The Kier molecular flexibility index (Phi) is 6.04. The number of aliphatic hydroxyl groups excluding tert-OH is 1. The highest BCUT2D eigenvalue weighted by molar-refractivity contribution is 6.09. The van der Waals surface area contributed by atoms with Crippen LogP contribution in [0.5, 0.6) is 0 Å². The van der Waals surface area contributed by atoms with Gasteiger partial charge in [-0.25, -0.2) is 0 Å². The summed E-state index contributed by atoms with van der Waals surface area (Å²) in [7, 11) is 0. The second-order valence-corrected chi connectivity index (χ2v) is 8.48. The van der Waals surface area contributed by atoms with Crippen molar-refractivity contribution < 1.29 is 9.84 Å². The topological polar surface area (TPSA) is 65.6 Å². The van der Waals surface area contributed by atoms with Crippen molar-refractivity contribution in [2.75, 3.05) is 32.9 Å². The van der Waals surface area contributed by atoms with Gasteiger partial charge in [0.2, 0.25) is 0 Å². The lowest BCUT2D eigenvalue weighted by Gasteiger charge is -2.26. The average Bonchev–Trinajstić information content (AvgIpc) is 2.83. The minimum atomic E-state index is -0.0702. The Labute approximate surface area is 187 Å². The first-order valence-corrected chi connectivity index (χ1v) is 11.3. The highest BCUT2D eigenvalue weighted by Crippen LogP contribution is 2.32. The minimum absolute atomic E-state index is 0.0702. The van der Waals surface area contributed by atoms with E-state index in [4.69, 9.17) is 4.74 Å². The standard InChI is InChI=1S/C27H28N2O3/c30-13-1-2-22-16-23-9-10-28-27(31)26(23)25-17-21(7-8-24(22)25)20-5-3-19(4-6-20)18-29-11-14-32-15-12-29/h3-10,16-17,30H,1-2,11-15,18H2,(H,28,31). The number of aliphatic hydroxyl groups is 1. The maximum Gasteiger partial charge on any atom is 0.256 e. The molecule has 0 amide bonds. The Bertz CT molecular complexity index is 1290. The molecular weight excluding hydrogens is 400 g/mol. The predicted molar refractivity (Wildman–Crippen MR) is 129 cm³/mol. The van der Waals surface area contributed by atoms with Crippen molar-refractivity contribution in [3.05, 3.63) is 82.3 Å². The number of morpholine rings is 1. The van der Waals surface area contributed by atoms with Crippen LogP contribution in [-0.2, 0) is 17.7 Å². The van der Waals surface area contributed by atoms with Crippen LogP contribution in [0.3, 0.4) is 0 Å². The summed E-state index contributed by atoms with van der Waals surface area (Å²) in [6.07, 6.45) is 3.19. The van der Waals surface area contributed by atoms with Gasteiger partial charge < -0.3 is 14.8 Å². The van der Waals surface area contributed by atoms with Crippen LogP contribution in [0, 0.1) is 0 Å². The van der Waals surface area contributed by atoms with E-state index in [1.54, 1.807) is 6.20 Å². The Hall–Kier alpha value is -2.99. The van der Waals surface area contributed by atoms with Crippen LogP contribution in [0.25, 0.3) is 32.7 Å². The summed E-state index contributed by atoms with van der Waals surface area (Å²) in [5.41, 5.74) is 4.63. The molecule has 0 radical (unpaired) electrons. The summed E-state index contributed by atoms with van der Waals surface area (Å²) in [6.45, 7) is 4.67. The van der Waals surface area contributed by atoms with Gasteiger partial charge in [0.25, 0.3) is 5.56 Å². The Morgan fingerprint density at radius 1 is 0.938 bits per heavy atom. The van der Waals surface area contributed by atoms with Gasteiger partial charge in [0, 0.05) is 32.4 Å². The molecule has 5 rings (SSSR count). The molecule has 0 saturated carbocycles. The summed E-state index contributed by atoms with van der Waals surface area (Å²) in [6, 6.07) is 19.1. The van der Waals surface area contributed by atoms with E-state index >= 15 is 0 Å². The van der Waals surface area contributed by atoms with E-state index in [1.165, 1.54) is 11.1 Å². The fourth-order valence-corrected chi connectivity index (χ4v) is 4.66. The maximum absolute atomic E-state index is 12.7. The van der Waals surface area contributed by atoms with E-state index < -0.39 is 0 Å². The fraction of sp³-hybridized carbons (Fsp3) is 0.296.